The van der Waals surface area contributed by atoms with E-state index in [1.54, 1.807) is 33.7 Å². The summed E-state index contributed by atoms with van der Waals surface area (Å²) < 4.78 is 17.8. The zero-order valence-corrected chi connectivity index (χ0v) is 20.9. The normalized spacial score (nSPS) is 9.27. The molecule has 1 N–H and O–H groups in total. The van der Waals surface area contributed by atoms with Gasteiger partial charge in [0.1, 0.15) is 23.5 Å². The minimum atomic E-state index is 0.214. The molecule has 0 fully saturated rings. The van der Waals surface area contributed by atoms with Crippen LogP contribution in [-0.2, 0) is 4.79 Å². The van der Waals surface area contributed by atoms with Gasteiger partial charge in [-0.1, -0.05) is 19.9 Å². The summed E-state index contributed by atoms with van der Waals surface area (Å²) in [7, 11) is 6.69. The number of rotatable bonds is 9. The fourth-order valence-electron chi connectivity index (χ4n) is 2.54. The predicted molar refractivity (Wildman–Crippen MR) is 137 cm³/mol. The maximum absolute atomic E-state index is 11.1. The highest BCUT2D eigenvalue weighted by Crippen LogP contribution is 2.38. The fourth-order valence-corrected chi connectivity index (χ4v) is 3.48. The number of benzene rings is 2. The highest BCUT2D eigenvalue weighted by Gasteiger charge is 2.15. The monoisotopic (exact) mass is 471 g/mol. The third kappa shape index (κ3) is 9.33. The number of hydrogen-bond acceptors (Lipinski definition) is 8. The van der Waals surface area contributed by atoms with Crippen LogP contribution >= 0.6 is 11.9 Å². The average Bonchev–Trinajstić information content (AvgIpc) is 2.90. The number of nitrogens with one attached hydrogen (secondary N) is 1. The average molecular weight is 472 g/mol. The Bertz CT molecular complexity index is 942. The van der Waals surface area contributed by atoms with Crippen LogP contribution in [0.15, 0.2) is 71.9 Å². The lowest BCUT2D eigenvalue weighted by molar-refractivity contribution is -0.106. The Morgan fingerprint density at radius 2 is 1.70 bits per heavy atom. The van der Waals surface area contributed by atoms with Crippen LogP contribution in [0.5, 0.6) is 17.2 Å². The molecule has 178 valence electrons. The largest absolute Gasteiger partial charge is 0.497 e. The van der Waals surface area contributed by atoms with Crippen LogP contribution in [0.1, 0.15) is 13.8 Å². The molecular weight excluding hydrogens is 438 g/mol. The number of carbonyl (C=O) groups excluding carboxylic acids is 1. The van der Waals surface area contributed by atoms with E-state index in [0.717, 1.165) is 28.3 Å². The van der Waals surface area contributed by atoms with E-state index in [2.05, 4.69) is 10.3 Å². The van der Waals surface area contributed by atoms with Crippen LogP contribution in [0.2, 0.25) is 0 Å². The Labute approximate surface area is 201 Å². The highest BCUT2D eigenvalue weighted by atomic mass is 32.2. The summed E-state index contributed by atoms with van der Waals surface area (Å²) >= 11 is 1.43. The lowest BCUT2D eigenvalue weighted by Crippen LogP contribution is -2.17. The zero-order chi connectivity index (χ0) is 24.5. The molecule has 1 aromatic heterocycles. The molecule has 0 unspecified atom stereocenters. The highest BCUT2D eigenvalue weighted by molar-refractivity contribution is 8.00. The second-order valence-corrected chi connectivity index (χ2v) is 7.12. The summed E-state index contributed by atoms with van der Waals surface area (Å²) in [5, 5.41) is 2.96. The van der Waals surface area contributed by atoms with E-state index < -0.39 is 0 Å². The molecule has 0 saturated heterocycles. The topological polar surface area (TPSA) is 72.9 Å². The molecule has 7 nitrogen and oxygen atoms in total. The molecule has 0 aliphatic rings. The molecule has 0 aliphatic heterocycles. The molecule has 0 radical (unpaired) electrons. The first-order valence-electron chi connectivity index (χ1n) is 10.5. The van der Waals surface area contributed by atoms with Crippen molar-refractivity contribution in [3.8, 4) is 17.2 Å². The zero-order valence-electron chi connectivity index (χ0n) is 20.1. The summed E-state index contributed by atoms with van der Waals surface area (Å²) in [6, 6.07) is 17.0. The third-order valence-electron chi connectivity index (χ3n) is 4.10. The van der Waals surface area contributed by atoms with Gasteiger partial charge in [0.2, 0.25) is 0 Å². The van der Waals surface area contributed by atoms with Crippen LogP contribution in [-0.4, -0.2) is 46.2 Å². The Morgan fingerprint density at radius 1 is 0.970 bits per heavy atom. The summed E-state index contributed by atoms with van der Waals surface area (Å²) in [6.45, 7) is 4.21. The van der Waals surface area contributed by atoms with E-state index >= 15 is 0 Å². The van der Waals surface area contributed by atoms with Crippen molar-refractivity contribution in [1.82, 2.24) is 4.98 Å². The van der Waals surface area contributed by atoms with Crippen molar-refractivity contribution in [2.24, 2.45) is 0 Å². The summed E-state index contributed by atoms with van der Waals surface area (Å²) in [5.74, 6) is 2.13. The quantitative estimate of drug-likeness (QED) is 0.321. The molecule has 3 aromatic rings. The van der Waals surface area contributed by atoms with Gasteiger partial charge in [0.25, 0.3) is 0 Å². The van der Waals surface area contributed by atoms with Crippen LogP contribution in [0.25, 0.3) is 0 Å². The summed E-state index contributed by atoms with van der Waals surface area (Å²) in [5.41, 5.74) is 1.82. The number of carbonyl (C=O) groups is 1. The predicted octanol–water partition coefficient (Wildman–Crippen LogP) is 5.57. The SMILES string of the molecule is CC.CNc1cccnc1.COc1cccc(SN(CC=O)c2cc(OC)ccc2OC)c1. The Balaban J connectivity index is 0.000000454. The van der Waals surface area contributed by atoms with Crippen LogP contribution in [0.3, 0.4) is 0 Å². The molecular formula is C25H33N3O4S. The molecule has 1 heterocycles. The summed E-state index contributed by atoms with van der Waals surface area (Å²) in [4.78, 5) is 16.0. The molecule has 0 bridgehead atoms. The maximum Gasteiger partial charge on any atom is 0.143 e. The van der Waals surface area contributed by atoms with Crippen molar-refractivity contribution in [3.63, 3.8) is 0 Å². The van der Waals surface area contributed by atoms with Gasteiger partial charge in [-0.15, -0.1) is 0 Å². The number of hydrogen-bond donors (Lipinski definition) is 1. The van der Waals surface area contributed by atoms with Crippen molar-refractivity contribution in [2.75, 3.05) is 44.5 Å². The van der Waals surface area contributed by atoms with Gasteiger partial charge in [-0.05, 0) is 54.4 Å². The Hall–Kier alpha value is -3.39. The first-order valence-corrected chi connectivity index (χ1v) is 11.3. The number of ether oxygens (including phenoxy) is 3. The van der Waals surface area contributed by atoms with Crippen molar-refractivity contribution in [2.45, 2.75) is 18.7 Å². The van der Waals surface area contributed by atoms with Crippen LogP contribution < -0.4 is 23.8 Å². The van der Waals surface area contributed by atoms with Crippen molar-refractivity contribution < 1.29 is 19.0 Å². The van der Waals surface area contributed by atoms with Crippen LogP contribution in [0, 0.1) is 0 Å². The molecule has 0 amide bonds. The number of aromatic nitrogens is 1. The molecule has 0 atom stereocenters. The van der Waals surface area contributed by atoms with Gasteiger partial charge >= 0.3 is 0 Å². The number of aldehydes is 1. The Morgan fingerprint density at radius 3 is 2.24 bits per heavy atom. The van der Waals surface area contributed by atoms with Gasteiger partial charge in [-0.2, -0.15) is 0 Å². The number of pyridine rings is 1. The van der Waals surface area contributed by atoms with E-state index in [4.69, 9.17) is 14.2 Å². The second kappa shape index (κ2) is 16.3. The maximum atomic E-state index is 11.1. The number of nitrogens with zero attached hydrogens (tertiary/aromatic N) is 2. The minimum Gasteiger partial charge on any atom is -0.497 e. The number of methoxy groups -OCH3 is 3. The molecule has 8 heteroatoms. The van der Waals surface area contributed by atoms with E-state index in [1.807, 2.05) is 79.8 Å². The molecule has 0 spiro atoms. The van der Waals surface area contributed by atoms with E-state index in [-0.39, 0.29) is 6.54 Å². The van der Waals surface area contributed by atoms with E-state index in [9.17, 15) is 4.79 Å². The second-order valence-electron chi connectivity index (χ2n) is 6.03. The van der Waals surface area contributed by atoms with E-state index in [0.29, 0.717) is 11.5 Å². The Kier molecular flexibility index (Phi) is 13.6. The first-order chi connectivity index (χ1) is 16.1. The molecule has 0 aliphatic carbocycles. The van der Waals surface area contributed by atoms with Gasteiger partial charge in [0, 0.05) is 30.4 Å². The fraction of sp³-hybridized carbons (Fsp3) is 0.280. The molecule has 3 rings (SSSR count). The van der Waals surface area contributed by atoms with Crippen molar-refractivity contribution in [3.05, 3.63) is 67.0 Å². The molecule has 0 saturated carbocycles. The van der Waals surface area contributed by atoms with Gasteiger partial charge < -0.3 is 28.6 Å². The van der Waals surface area contributed by atoms with E-state index in [1.165, 1.54) is 11.9 Å². The standard InChI is InChI=1S/C17H19NO4S.C6H8N2.C2H6/c1-20-13-5-4-6-15(11-13)23-18(9-10-19)16-12-14(21-2)7-8-17(16)22-3;1-7-6-3-2-4-8-5-6;1-2/h4-8,10-12H,9H2,1-3H3;2-5,7H,1H3;1-2H3. The van der Waals surface area contributed by atoms with Gasteiger partial charge in [-0.3, -0.25) is 4.98 Å². The van der Waals surface area contributed by atoms with Crippen LogP contribution in [0.4, 0.5) is 11.4 Å². The van der Waals surface area contributed by atoms with Gasteiger partial charge in [0.05, 0.1) is 39.2 Å². The molecule has 2 aromatic carbocycles. The smallest absolute Gasteiger partial charge is 0.143 e. The van der Waals surface area contributed by atoms with Crippen molar-refractivity contribution >= 4 is 29.6 Å². The molecule has 33 heavy (non-hydrogen) atoms. The van der Waals surface area contributed by atoms with Gasteiger partial charge in [-0.25, -0.2) is 0 Å². The third-order valence-corrected chi connectivity index (χ3v) is 5.13. The number of anilines is 2. The first kappa shape index (κ1) is 27.6. The van der Waals surface area contributed by atoms with Gasteiger partial charge in [0.15, 0.2) is 0 Å². The summed E-state index contributed by atoms with van der Waals surface area (Å²) in [6.07, 6.45) is 4.38. The van der Waals surface area contributed by atoms with Crippen molar-refractivity contribution in [1.29, 1.82) is 0 Å². The minimum absolute atomic E-state index is 0.214. The lowest BCUT2D eigenvalue weighted by atomic mass is 10.2. The lowest BCUT2D eigenvalue weighted by Gasteiger charge is -2.23.